The van der Waals surface area contributed by atoms with Gasteiger partial charge in [0.05, 0.1) is 35.2 Å². The SMILES string of the molecule is Cc1ncsc1CNC(=O)c1cnn2c1C[C@H](CN(C)C)CC2. The Bertz CT molecular complexity index is 690. The normalized spacial score (nSPS) is 17.3. The number of nitrogens with one attached hydrogen (secondary N) is 1. The van der Waals surface area contributed by atoms with Gasteiger partial charge in [0, 0.05) is 18.0 Å². The van der Waals surface area contributed by atoms with Gasteiger partial charge in [-0.2, -0.15) is 5.10 Å². The van der Waals surface area contributed by atoms with Crippen LogP contribution >= 0.6 is 11.3 Å². The Kier molecular flexibility index (Phi) is 4.77. The molecule has 0 bridgehead atoms. The van der Waals surface area contributed by atoms with Crippen molar-refractivity contribution < 1.29 is 4.79 Å². The lowest BCUT2D eigenvalue weighted by atomic mass is 9.94. The highest BCUT2D eigenvalue weighted by Gasteiger charge is 2.25. The van der Waals surface area contributed by atoms with E-state index in [2.05, 4.69) is 34.4 Å². The number of rotatable bonds is 5. The van der Waals surface area contributed by atoms with E-state index in [9.17, 15) is 4.79 Å². The molecule has 1 amide bonds. The molecule has 0 saturated heterocycles. The summed E-state index contributed by atoms with van der Waals surface area (Å²) in [6, 6.07) is 0. The third-order valence-electron chi connectivity index (χ3n) is 4.30. The lowest BCUT2D eigenvalue weighted by Crippen LogP contribution is -2.31. The van der Waals surface area contributed by atoms with Crippen molar-refractivity contribution in [3.05, 3.63) is 33.5 Å². The molecule has 1 atom stereocenters. The molecule has 0 fully saturated rings. The zero-order valence-corrected chi connectivity index (χ0v) is 14.7. The van der Waals surface area contributed by atoms with Crippen LogP contribution in [0.3, 0.4) is 0 Å². The average molecular weight is 333 g/mol. The molecule has 1 N–H and O–H groups in total. The summed E-state index contributed by atoms with van der Waals surface area (Å²) in [5, 5.41) is 7.39. The second-order valence-electron chi connectivity index (χ2n) is 6.39. The fraction of sp³-hybridized carbons (Fsp3) is 0.562. The van der Waals surface area contributed by atoms with E-state index >= 15 is 0 Å². The highest BCUT2D eigenvalue weighted by Crippen LogP contribution is 2.23. The first kappa shape index (κ1) is 16.1. The van der Waals surface area contributed by atoms with E-state index in [4.69, 9.17) is 0 Å². The van der Waals surface area contributed by atoms with Gasteiger partial charge in [-0.05, 0) is 39.8 Å². The van der Waals surface area contributed by atoms with Crippen LogP contribution in [-0.4, -0.2) is 46.2 Å². The monoisotopic (exact) mass is 333 g/mol. The van der Waals surface area contributed by atoms with Crippen molar-refractivity contribution in [2.24, 2.45) is 5.92 Å². The predicted molar refractivity (Wildman–Crippen MR) is 90.6 cm³/mol. The molecular formula is C16H23N5OS. The van der Waals surface area contributed by atoms with E-state index in [1.807, 2.05) is 17.1 Å². The minimum Gasteiger partial charge on any atom is -0.347 e. The van der Waals surface area contributed by atoms with E-state index in [1.165, 1.54) is 0 Å². The molecule has 1 aliphatic heterocycles. The van der Waals surface area contributed by atoms with Gasteiger partial charge in [-0.15, -0.1) is 11.3 Å². The number of carbonyl (C=O) groups excluding carboxylic acids is 1. The number of amides is 1. The fourth-order valence-electron chi connectivity index (χ4n) is 3.11. The molecule has 0 spiro atoms. The number of fused-ring (bicyclic) bond motifs is 1. The molecule has 6 nitrogen and oxygen atoms in total. The standard InChI is InChI=1S/C16H23N5OS/c1-11-15(23-10-18-11)8-17-16(22)13-7-19-21-5-4-12(6-14(13)21)9-20(2)3/h7,10,12H,4-6,8-9H2,1-3H3,(H,17,22)/t12-/m1/s1. The van der Waals surface area contributed by atoms with E-state index in [0.29, 0.717) is 12.5 Å². The predicted octanol–water partition coefficient (Wildman–Crippen LogP) is 1.70. The molecule has 23 heavy (non-hydrogen) atoms. The van der Waals surface area contributed by atoms with Crippen molar-refractivity contribution in [2.45, 2.75) is 32.9 Å². The molecule has 7 heteroatoms. The Morgan fingerprint density at radius 3 is 3.04 bits per heavy atom. The van der Waals surface area contributed by atoms with Crippen LogP contribution in [-0.2, 0) is 19.5 Å². The summed E-state index contributed by atoms with van der Waals surface area (Å²) in [6.45, 7) is 4.44. The lowest BCUT2D eigenvalue weighted by Gasteiger charge is -2.26. The minimum atomic E-state index is -0.0375. The number of thiazole rings is 1. The summed E-state index contributed by atoms with van der Waals surface area (Å²) in [6.07, 6.45) is 3.75. The van der Waals surface area contributed by atoms with Gasteiger partial charge in [0.15, 0.2) is 0 Å². The van der Waals surface area contributed by atoms with Gasteiger partial charge in [-0.25, -0.2) is 4.98 Å². The third kappa shape index (κ3) is 3.61. The van der Waals surface area contributed by atoms with Gasteiger partial charge in [-0.3, -0.25) is 9.48 Å². The van der Waals surface area contributed by atoms with Crippen LogP contribution in [0.4, 0.5) is 0 Å². The van der Waals surface area contributed by atoms with E-state index < -0.39 is 0 Å². The first-order valence-electron chi connectivity index (χ1n) is 7.91. The topological polar surface area (TPSA) is 63.1 Å². The maximum atomic E-state index is 12.5. The van der Waals surface area contributed by atoms with Crippen molar-refractivity contribution in [2.75, 3.05) is 20.6 Å². The summed E-state index contributed by atoms with van der Waals surface area (Å²) in [4.78, 5) is 20.0. The Labute approximate surface area is 140 Å². The van der Waals surface area contributed by atoms with Crippen LogP contribution in [0.15, 0.2) is 11.7 Å². The van der Waals surface area contributed by atoms with E-state index in [-0.39, 0.29) is 5.91 Å². The van der Waals surface area contributed by atoms with Crippen molar-refractivity contribution in [3.8, 4) is 0 Å². The van der Waals surface area contributed by atoms with Crippen molar-refractivity contribution in [3.63, 3.8) is 0 Å². The van der Waals surface area contributed by atoms with E-state index in [0.717, 1.165) is 47.8 Å². The Hall–Kier alpha value is -1.73. The molecule has 0 aromatic carbocycles. The second-order valence-corrected chi connectivity index (χ2v) is 7.33. The van der Waals surface area contributed by atoms with Crippen molar-refractivity contribution in [1.29, 1.82) is 0 Å². The van der Waals surface area contributed by atoms with Gasteiger partial charge in [-0.1, -0.05) is 0 Å². The molecule has 3 rings (SSSR count). The molecule has 0 saturated carbocycles. The van der Waals surface area contributed by atoms with Gasteiger partial charge in [0.25, 0.3) is 5.91 Å². The molecule has 124 valence electrons. The highest BCUT2D eigenvalue weighted by molar-refractivity contribution is 7.09. The smallest absolute Gasteiger partial charge is 0.255 e. The molecule has 2 aromatic heterocycles. The molecule has 2 aromatic rings. The fourth-order valence-corrected chi connectivity index (χ4v) is 3.83. The average Bonchev–Trinajstić information content (AvgIpc) is 3.10. The van der Waals surface area contributed by atoms with Crippen LogP contribution in [0.25, 0.3) is 0 Å². The van der Waals surface area contributed by atoms with Gasteiger partial charge in [0.1, 0.15) is 0 Å². The molecule has 1 aliphatic rings. The number of nitrogens with zero attached hydrogens (tertiary/aromatic N) is 4. The Morgan fingerprint density at radius 2 is 2.35 bits per heavy atom. The maximum absolute atomic E-state index is 12.5. The van der Waals surface area contributed by atoms with Crippen LogP contribution in [0.1, 0.15) is 33.0 Å². The van der Waals surface area contributed by atoms with Gasteiger partial charge >= 0.3 is 0 Å². The minimum absolute atomic E-state index is 0.0375. The quantitative estimate of drug-likeness (QED) is 0.905. The van der Waals surface area contributed by atoms with Crippen LogP contribution in [0.5, 0.6) is 0 Å². The van der Waals surface area contributed by atoms with Crippen LogP contribution < -0.4 is 5.32 Å². The number of hydrogen-bond donors (Lipinski definition) is 1. The number of hydrogen-bond acceptors (Lipinski definition) is 5. The maximum Gasteiger partial charge on any atom is 0.255 e. The molecule has 0 radical (unpaired) electrons. The molecular weight excluding hydrogens is 310 g/mol. The summed E-state index contributed by atoms with van der Waals surface area (Å²) < 4.78 is 1.99. The van der Waals surface area contributed by atoms with Crippen LogP contribution in [0.2, 0.25) is 0 Å². The number of carbonyl (C=O) groups is 1. The zero-order chi connectivity index (χ0) is 16.4. The lowest BCUT2D eigenvalue weighted by molar-refractivity contribution is 0.0949. The largest absolute Gasteiger partial charge is 0.347 e. The van der Waals surface area contributed by atoms with E-state index in [1.54, 1.807) is 17.5 Å². The van der Waals surface area contributed by atoms with Crippen molar-refractivity contribution >= 4 is 17.2 Å². The summed E-state index contributed by atoms with van der Waals surface area (Å²) in [5.41, 5.74) is 4.58. The molecule has 0 aliphatic carbocycles. The summed E-state index contributed by atoms with van der Waals surface area (Å²) >= 11 is 1.57. The third-order valence-corrected chi connectivity index (χ3v) is 5.24. The highest BCUT2D eigenvalue weighted by atomic mass is 32.1. The molecule has 3 heterocycles. The Morgan fingerprint density at radius 1 is 1.52 bits per heavy atom. The zero-order valence-electron chi connectivity index (χ0n) is 13.9. The number of aryl methyl sites for hydroxylation is 2. The number of aromatic nitrogens is 3. The summed E-state index contributed by atoms with van der Waals surface area (Å²) in [5.74, 6) is 0.550. The second kappa shape index (κ2) is 6.80. The van der Waals surface area contributed by atoms with Crippen LogP contribution in [0, 0.1) is 12.8 Å². The first-order valence-corrected chi connectivity index (χ1v) is 8.79. The van der Waals surface area contributed by atoms with Crippen molar-refractivity contribution in [1.82, 2.24) is 25.0 Å². The van der Waals surface area contributed by atoms with Gasteiger partial charge in [0.2, 0.25) is 0 Å². The van der Waals surface area contributed by atoms with Gasteiger partial charge < -0.3 is 10.2 Å². The molecule has 0 unspecified atom stereocenters. The Balaban J connectivity index is 1.68. The summed E-state index contributed by atoms with van der Waals surface area (Å²) in [7, 11) is 4.19. The first-order chi connectivity index (χ1) is 11.0.